The summed E-state index contributed by atoms with van der Waals surface area (Å²) in [5, 5.41) is 5.97. The van der Waals surface area contributed by atoms with Gasteiger partial charge in [0.05, 0.1) is 16.3 Å². The molecule has 25 heavy (non-hydrogen) atoms. The van der Waals surface area contributed by atoms with Crippen molar-refractivity contribution < 1.29 is 9.18 Å². The van der Waals surface area contributed by atoms with Crippen LogP contribution in [0.15, 0.2) is 58.8 Å². The van der Waals surface area contributed by atoms with Crippen LogP contribution in [0.3, 0.4) is 0 Å². The highest BCUT2D eigenvalue weighted by Crippen LogP contribution is 2.26. The zero-order valence-electron chi connectivity index (χ0n) is 13.7. The Morgan fingerprint density at radius 1 is 1.20 bits per heavy atom. The molecule has 1 aromatic heterocycles. The molecule has 0 bridgehead atoms. The second-order valence-electron chi connectivity index (χ2n) is 5.45. The molecule has 0 saturated carbocycles. The third-order valence-electron chi connectivity index (χ3n) is 3.54. The first-order valence-corrected chi connectivity index (χ1v) is 9.64. The fourth-order valence-corrected chi connectivity index (χ4v) is 3.95. The van der Waals surface area contributed by atoms with Crippen LogP contribution < -0.4 is 5.32 Å². The van der Waals surface area contributed by atoms with E-state index in [0.29, 0.717) is 12.1 Å². The van der Waals surface area contributed by atoms with Crippen LogP contribution in [0.4, 0.5) is 4.39 Å². The monoisotopic (exact) mass is 372 g/mol. The molecule has 0 atom stereocenters. The van der Waals surface area contributed by atoms with Crippen LogP contribution in [0.2, 0.25) is 0 Å². The van der Waals surface area contributed by atoms with E-state index in [1.807, 2.05) is 36.6 Å². The minimum Gasteiger partial charge on any atom is -0.348 e. The number of halogens is 1. The van der Waals surface area contributed by atoms with Gasteiger partial charge in [-0.25, -0.2) is 9.37 Å². The summed E-state index contributed by atoms with van der Waals surface area (Å²) in [6.45, 7) is 2.35. The molecule has 128 valence electrons. The molecule has 3 rings (SSSR count). The maximum Gasteiger partial charge on any atom is 0.252 e. The van der Waals surface area contributed by atoms with E-state index in [1.54, 1.807) is 35.2 Å². The van der Waals surface area contributed by atoms with Crippen LogP contribution >= 0.6 is 23.1 Å². The Labute approximate surface area is 154 Å². The minimum atomic E-state index is -0.283. The van der Waals surface area contributed by atoms with Gasteiger partial charge in [0.25, 0.3) is 5.91 Å². The third-order valence-corrected chi connectivity index (χ3v) is 5.47. The van der Waals surface area contributed by atoms with Crippen LogP contribution in [-0.4, -0.2) is 10.9 Å². The molecule has 2 aromatic carbocycles. The van der Waals surface area contributed by atoms with E-state index in [4.69, 9.17) is 0 Å². The van der Waals surface area contributed by atoms with E-state index in [9.17, 15) is 9.18 Å². The maximum atomic E-state index is 12.9. The van der Waals surface area contributed by atoms with Gasteiger partial charge in [0.15, 0.2) is 0 Å². The van der Waals surface area contributed by atoms with Crippen molar-refractivity contribution in [2.45, 2.75) is 24.1 Å². The van der Waals surface area contributed by atoms with Gasteiger partial charge < -0.3 is 5.32 Å². The van der Waals surface area contributed by atoms with Gasteiger partial charge in [-0.2, -0.15) is 0 Å². The lowest BCUT2D eigenvalue weighted by molar-refractivity contribution is 0.0948. The van der Waals surface area contributed by atoms with Crippen molar-refractivity contribution in [3.05, 3.63) is 81.6 Å². The van der Waals surface area contributed by atoms with Gasteiger partial charge in [0, 0.05) is 22.6 Å². The molecule has 0 unspecified atom stereocenters. The van der Waals surface area contributed by atoms with E-state index in [-0.39, 0.29) is 11.7 Å². The van der Waals surface area contributed by atoms with Crippen molar-refractivity contribution in [2.75, 3.05) is 0 Å². The number of amides is 1. The quantitative estimate of drug-likeness (QED) is 0.631. The summed E-state index contributed by atoms with van der Waals surface area (Å²) in [5.74, 6) is 0.308. The Balaban J connectivity index is 1.64. The predicted octanol–water partition coefficient (Wildman–Crippen LogP) is 4.81. The lowest BCUT2D eigenvalue weighted by atomic mass is 10.2. The van der Waals surface area contributed by atoms with Crippen LogP contribution in [-0.2, 0) is 12.3 Å². The van der Waals surface area contributed by atoms with Crippen molar-refractivity contribution in [3.63, 3.8) is 0 Å². The molecule has 0 fully saturated rings. The number of nitrogens with one attached hydrogen (secondary N) is 1. The van der Waals surface area contributed by atoms with Crippen LogP contribution in [0, 0.1) is 12.7 Å². The maximum absolute atomic E-state index is 12.9. The average molecular weight is 372 g/mol. The Morgan fingerprint density at radius 3 is 2.68 bits per heavy atom. The number of benzene rings is 2. The zero-order valence-corrected chi connectivity index (χ0v) is 15.3. The number of aryl methyl sites for hydroxylation is 1. The van der Waals surface area contributed by atoms with Crippen molar-refractivity contribution in [3.8, 4) is 0 Å². The average Bonchev–Trinajstić information content (AvgIpc) is 3.05. The Morgan fingerprint density at radius 2 is 1.96 bits per heavy atom. The second kappa shape index (κ2) is 8.27. The standard InChI is InChI=1S/C19H17FN2OS2/c1-13-22-16(11-24-13)12-25-18-5-3-2-4-17(18)19(23)21-10-14-6-8-15(20)9-7-14/h2-9,11H,10,12H2,1H3,(H,21,23). The topological polar surface area (TPSA) is 42.0 Å². The summed E-state index contributed by atoms with van der Waals surface area (Å²) in [6.07, 6.45) is 0. The number of thioether (sulfide) groups is 1. The summed E-state index contributed by atoms with van der Waals surface area (Å²) in [7, 11) is 0. The number of hydrogen-bond donors (Lipinski definition) is 1. The third kappa shape index (κ3) is 4.90. The first-order valence-electron chi connectivity index (χ1n) is 7.77. The zero-order chi connectivity index (χ0) is 17.6. The molecule has 1 heterocycles. The Bertz CT molecular complexity index is 862. The largest absolute Gasteiger partial charge is 0.348 e. The SMILES string of the molecule is Cc1nc(CSc2ccccc2C(=O)NCc2ccc(F)cc2)cs1. The molecule has 6 heteroatoms. The molecule has 1 amide bonds. The van der Waals surface area contributed by atoms with Crippen LogP contribution in [0.5, 0.6) is 0 Å². The van der Waals surface area contributed by atoms with Gasteiger partial charge in [-0.3, -0.25) is 4.79 Å². The first kappa shape index (κ1) is 17.6. The van der Waals surface area contributed by atoms with Crippen molar-refractivity contribution in [2.24, 2.45) is 0 Å². The van der Waals surface area contributed by atoms with Gasteiger partial charge in [-0.1, -0.05) is 24.3 Å². The highest BCUT2D eigenvalue weighted by atomic mass is 32.2. The molecule has 0 spiro atoms. The lowest BCUT2D eigenvalue weighted by Gasteiger charge is -2.09. The molecule has 0 radical (unpaired) electrons. The number of rotatable bonds is 6. The molecule has 3 aromatic rings. The van der Waals surface area contributed by atoms with E-state index in [2.05, 4.69) is 10.3 Å². The van der Waals surface area contributed by atoms with E-state index >= 15 is 0 Å². The van der Waals surface area contributed by atoms with Gasteiger partial charge in [-0.15, -0.1) is 23.1 Å². The summed E-state index contributed by atoms with van der Waals surface area (Å²) in [5.41, 5.74) is 2.52. The number of nitrogens with zero attached hydrogens (tertiary/aromatic N) is 1. The van der Waals surface area contributed by atoms with Gasteiger partial charge in [-0.05, 0) is 36.8 Å². The van der Waals surface area contributed by atoms with Crippen molar-refractivity contribution >= 4 is 29.0 Å². The fraction of sp³-hybridized carbons (Fsp3) is 0.158. The van der Waals surface area contributed by atoms with E-state index in [1.165, 1.54) is 12.1 Å². The van der Waals surface area contributed by atoms with Crippen LogP contribution in [0.25, 0.3) is 0 Å². The summed E-state index contributed by atoms with van der Waals surface area (Å²) < 4.78 is 12.9. The molecule has 0 aliphatic rings. The van der Waals surface area contributed by atoms with Gasteiger partial charge >= 0.3 is 0 Å². The van der Waals surface area contributed by atoms with Crippen molar-refractivity contribution in [1.29, 1.82) is 0 Å². The predicted molar refractivity (Wildman–Crippen MR) is 100 cm³/mol. The Kier molecular flexibility index (Phi) is 5.83. The number of thiazole rings is 1. The summed E-state index contributed by atoms with van der Waals surface area (Å²) in [6, 6.07) is 13.6. The minimum absolute atomic E-state index is 0.137. The highest BCUT2D eigenvalue weighted by Gasteiger charge is 2.12. The molecule has 3 nitrogen and oxygen atoms in total. The summed E-state index contributed by atoms with van der Waals surface area (Å²) in [4.78, 5) is 17.9. The molecular formula is C19H17FN2OS2. The lowest BCUT2D eigenvalue weighted by Crippen LogP contribution is -2.23. The first-order chi connectivity index (χ1) is 12.1. The molecule has 0 aliphatic carbocycles. The number of aromatic nitrogens is 1. The fourth-order valence-electron chi connectivity index (χ4n) is 2.29. The molecular weight excluding hydrogens is 355 g/mol. The molecule has 0 saturated heterocycles. The number of hydrogen-bond acceptors (Lipinski definition) is 4. The normalized spacial score (nSPS) is 10.6. The van der Waals surface area contributed by atoms with Crippen LogP contribution in [0.1, 0.15) is 26.6 Å². The number of carbonyl (C=O) groups excluding carboxylic acids is 1. The number of carbonyl (C=O) groups is 1. The smallest absolute Gasteiger partial charge is 0.252 e. The summed E-state index contributed by atoms with van der Waals surface area (Å²) >= 11 is 3.23. The van der Waals surface area contributed by atoms with E-state index in [0.717, 1.165) is 26.9 Å². The van der Waals surface area contributed by atoms with E-state index < -0.39 is 0 Å². The van der Waals surface area contributed by atoms with Crippen molar-refractivity contribution in [1.82, 2.24) is 10.3 Å². The van der Waals surface area contributed by atoms with Gasteiger partial charge in [0.1, 0.15) is 5.82 Å². The second-order valence-corrected chi connectivity index (χ2v) is 7.53. The molecule has 0 aliphatic heterocycles. The Hall–Kier alpha value is -2.18. The highest BCUT2D eigenvalue weighted by molar-refractivity contribution is 7.98. The molecule has 1 N–H and O–H groups in total. The van der Waals surface area contributed by atoms with Gasteiger partial charge in [0.2, 0.25) is 0 Å².